The number of ether oxygens (including phenoxy) is 1. The highest BCUT2D eigenvalue weighted by atomic mass is 32.2. The van der Waals surface area contributed by atoms with Crippen LogP contribution in [0.25, 0.3) is 0 Å². The first-order valence-corrected chi connectivity index (χ1v) is 12.7. The summed E-state index contributed by atoms with van der Waals surface area (Å²) in [4.78, 5) is 25.0. The number of methoxy groups -OCH3 is 1. The third-order valence-electron chi connectivity index (χ3n) is 5.55. The van der Waals surface area contributed by atoms with Gasteiger partial charge in [0.1, 0.15) is 11.4 Å². The molecule has 2 unspecified atom stereocenters. The second kappa shape index (κ2) is 13.8. The second-order valence-electron chi connectivity index (χ2n) is 8.99. The standard InChI is InChI=1S/C28H33N3O4S/c1-20(2)18-31(36-25-14-12-24(35-3)13-15-25)19-27(32)26(16-21-8-5-4-6-9-21)29-28(33)22-10-7-11-23(17-22)30-34/h4-15,17,20,26-27,32H,16,18-19H2,1-3H3,(H,29,33). The summed E-state index contributed by atoms with van der Waals surface area (Å²) in [6.45, 7) is 5.37. The molecule has 36 heavy (non-hydrogen) atoms. The number of benzene rings is 3. The summed E-state index contributed by atoms with van der Waals surface area (Å²) in [5, 5.41) is 17.3. The van der Waals surface area contributed by atoms with Crippen molar-refractivity contribution in [2.24, 2.45) is 11.1 Å². The molecule has 0 saturated heterocycles. The quantitative estimate of drug-likeness (QED) is 0.236. The molecule has 0 aliphatic rings. The largest absolute Gasteiger partial charge is 0.497 e. The Labute approximate surface area is 217 Å². The molecular formula is C28H33N3O4S. The molecule has 1 amide bonds. The molecule has 2 atom stereocenters. The molecule has 7 nitrogen and oxygen atoms in total. The second-order valence-corrected chi connectivity index (χ2v) is 10.2. The molecule has 0 aliphatic carbocycles. The van der Waals surface area contributed by atoms with E-state index in [1.807, 2.05) is 54.6 Å². The zero-order valence-corrected chi connectivity index (χ0v) is 21.7. The molecule has 2 N–H and O–H groups in total. The summed E-state index contributed by atoms with van der Waals surface area (Å²) in [6.07, 6.45) is -0.381. The van der Waals surface area contributed by atoms with E-state index in [9.17, 15) is 14.8 Å². The SMILES string of the molecule is COc1ccc(SN(CC(C)C)CC(O)C(Cc2ccccc2)NC(=O)c2cccc(N=O)c2)cc1. The Balaban J connectivity index is 1.78. The van der Waals surface area contributed by atoms with E-state index in [2.05, 4.69) is 28.6 Å². The van der Waals surface area contributed by atoms with Crippen molar-refractivity contribution in [3.05, 3.63) is 94.9 Å². The molecule has 190 valence electrons. The lowest BCUT2D eigenvalue weighted by Crippen LogP contribution is -2.49. The van der Waals surface area contributed by atoms with Crippen molar-refractivity contribution in [2.75, 3.05) is 20.2 Å². The monoisotopic (exact) mass is 507 g/mol. The molecule has 0 fully saturated rings. The number of hydrogen-bond donors (Lipinski definition) is 2. The Hall–Kier alpha value is -3.20. The van der Waals surface area contributed by atoms with E-state index in [1.54, 1.807) is 37.3 Å². The van der Waals surface area contributed by atoms with E-state index < -0.39 is 12.1 Å². The van der Waals surface area contributed by atoms with Crippen LogP contribution in [0, 0.1) is 10.8 Å². The Morgan fingerprint density at radius 1 is 1.03 bits per heavy atom. The molecule has 0 aromatic heterocycles. The minimum atomic E-state index is -0.842. The highest BCUT2D eigenvalue weighted by molar-refractivity contribution is 7.97. The number of rotatable bonds is 13. The van der Waals surface area contributed by atoms with Crippen LogP contribution >= 0.6 is 11.9 Å². The molecule has 0 heterocycles. The average molecular weight is 508 g/mol. The van der Waals surface area contributed by atoms with E-state index in [0.717, 1.165) is 22.8 Å². The maximum Gasteiger partial charge on any atom is 0.251 e. The molecule has 3 aromatic rings. The zero-order valence-electron chi connectivity index (χ0n) is 20.8. The van der Waals surface area contributed by atoms with Crippen LogP contribution in [0.2, 0.25) is 0 Å². The van der Waals surface area contributed by atoms with E-state index in [0.29, 0.717) is 24.4 Å². The predicted molar refractivity (Wildman–Crippen MR) is 145 cm³/mol. The fourth-order valence-corrected chi connectivity index (χ4v) is 4.94. The highest BCUT2D eigenvalue weighted by Gasteiger charge is 2.25. The van der Waals surface area contributed by atoms with Gasteiger partial charge in [0.2, 0.25) is 0 Å². The number of aliphatic hydroxyl groups is 1. The van der Waals surface area contributed by atoms with Gasteiger partial charge < -0.3 is 15.2 Å². The Bertz CT molecular complexity index is 1110. The predicted octanol–water partition coefficient (Wildman–Crippen LogP) is 5.46. The number of carbonyl (C=O) groups excluding carboxylic acids is 1. The van der Waals surface area contributed by atoms with Crippen molar-refractivity contribution in [2.45, 2.75) is 37.3 Å². The molecule has 3 rings (SSSR count). The van der Waals surface area contributed by atoms with Crippen molar-refractivity contribution >= 4 is 23.5 Å². The lowest BCUT2D eigenvalue weighted by atomic mass is 10.00. The first-order chi connectivity index (χ1) is 17.4. The van der Waals surface area contributed by atoms with Gasteiger partial charge in [-0.05, 0) is 77.5 Å². The van der Waals surface area contributed by atoms with Gasteiger partial charge in [-0.1, -0.05) is 50.2 Å². The maximum atomic E-state index is 13.0. The lowest BCUT2D eigenvalue weighted by Gasteiger charge is -2.30. The normalized spacial score (nSPS) is 12.8. The summed E-state index contributed by atoms with van der Waals surface area (Å²) in [7, 11) is 1.64. The molecule has 8 heteroatoms. The van der Waals surface area contributed by atoms with Crippen molar-refractivity contribution in [1.82, 2.24) is 9.62 Å². The van der Waals surface area contributed by atoms with Crippen LogP contribution in [-0.4, -0.2) is 47.7 Å². The van der Waals surface area contributed by atoms with E-state index in [4.69, 9.17) is 4.74 Å². The van der Waals surface area contributed by atoms with Crippen molar-refractivity contribution in [1.29, 1.82) is 0 Å². The van der Waals surface area contributed by atoms with Crippen LogP contribution in [0.5, 0.6) is 5.75 Å². The van der Waals surface area contributed by atoms with Gasteiger partial charge in [-0.2, -0.15) is 0 Å². The fourth-order valence-electron chi connectivity index (χ4n) is 3.78. The lowest BCUT2D eigenvalue weighted by molar-refractivity contribution is 0.0784. The van der Waals surface area contributed by atoms with E-state index >= 15 is 0 Å². The number of nitrogens with zero attached hydrogens (tertiary/aromatic N) is 2. The smallest absolute Gasteiger partial charge is 0.251 e. The molecule has 0 radical (unpaired) electrons. The molecule has 0 aliphatic heterocycles. The van der Waals surface area contributed by atoms with Crippen molar-refractivity contribution < 1.29 is 14.6 Å². The average Bonchev–Trinajstić information content (AvgIpc) is 2.89. The summed E-state index contributed by atoms with van der Waals surface area (Å²) in [6, 6.07) is 23.2. The first kappa shape index (κ1) is 27.4. The van der Waals surface area contributed by atoms with Crippen LogP contribution in [0.15, 0.2) is 88.9 Å². The van der Waals surface area contributed by atoms with Gasteiger partial charge in [0, 0.05) is 23.5 Å². The van der Waals surface area contributed by atoms with E-state index in [-0.39, 0.29) is 11.6 Å². The number of hydrogen-bond acceptors (Lipinski definition) is 7. The topological polar surface area (TPSA) is 91.2 Å². The Morgan fingerprint density at radius 2 is 1.75 bits per heavy atom. The van der Waals surface area contributed by atoms with Gasteiger partial charge in [0.15, 0.2) is 0 Å². The van der Waals surface area contributed by atoms with Crippen molar-refractivity contribution in [3.8, 4) is 5.75 Å². The molecule has 0 saturated carbocycles. The number of aliphatic hydroxyl groups excluding tert-OH is 1. The summed E-state index contributed by atoms with van der Waals surface area (Å²) in [5.74, 6) is 0.802. The van der Waals surface area contributed by atoms with Crippen LogP contribution in [0.1, 0.15) is 29.8 Å². The number of amides is 1. The van der Waals surface area contributed by atoms with Crippen LogP contribution in [0.4, 0.5) is 5.69 Å². The summed E-state index contributed by atoms with van der Waals surface area (Å²) >= 11 is 1.57. The Kier molecular flexibility index (Phi) is 10.5. The van der Waals surface area contributed by atoms with Gasteiger partial charge in [0.05, 0.1) is 19.3 Å². The van der Waals surface area contributed by atoms with Gasteiger partial charge >= 0.3 is 0 Å². The van der Waals surface area contributed by atoms with Crippen molar-refractivity contribution in [3.63, 3.8) is 0 Å². The Morgan fingerprint density at radius 3 is 2.39 bits per heavy atom. The molecule has 0 spiro atoms. The fraction of sp³-hybridized carbons (Fsp3) is 0.321. The third-order valence-corrected chi connectivity index (χ3v) is 6.59. The van der Waals surface area contributed by atoms with Gasteiger partial charge in [-0.15, -0.1) is 4.91 Å². The third kappa shape index (κ3) is 8.48. The number of carbonyl (C=O) groups is 1. The minimum absolute atomic E-state index is 0.182. The number of nitroso groups, excluding NO2 is 1. The summed E-state index contributed by atoms with van der Waals surface area (Å²) < 4.78 is 7.38. The van der Waals surface area contributed by atoms with Gasteiger partial charge in [-0.25, -0.2) is 4.31 Å². The minimum Gasteiger partial charge on any atom is -0.497 e. The zero-order chi connectivity index (χ0) is 25.9. The van der Waals surface area contributed by atoms with Gasteiger partial charge in [0.25, 0.3) is 5.91 Å². The first-order valence-electron chi connectivity index (χ1n) is 11.9. The molecule has 3 aromatic carbocycles. The van der Waals surface area contributed by atoms with Gasteiger partial charge in [-0.3, -0.25) is 4.79 Å². The summed E-state index contributed by atoms with van der Waals surface area (Å²) in [5.41, 5.74) is 1.51. The highest BCUT2D eigenvalue weighted by Crippen LogP contribution is 2.26. The van der Waals surface area contributed by atoms with Crippen LogP contribution in [-0.2, 0) is 6.42 Å². The van der Waals surface area contributed by atoms with Crippen LogP contribution < -0.4 is 10.1 Å². The number of nitrogens with one attached hydrogen (secondary N) is 1. The molecule has 0 bridgehead atoms. The maximum absolute atomic E-state index is 13.0. The van der Waals surface area contributed by atoms with Crippen LogP contribution in [0.3, 0.4) is 0 Å². The van der Waals surface area contributed by atoms with E-state index in [1.165, 1.54) is 6.07 Å². The molecular weight excluding hydrogens is 474 g/mol.